The van der Waals surface area contributed by atoms with Gasteiger partial charge in [0.05, 0.1) is 23.1 Å². The molecular weight excluding hydrogens is 628 g/mol. The highest BCUT2D eigenvalue weighted by molar-refractivity contribution is 8.00. The Hall–Kier alpha value is -2.01. The van der Waals surface area contributed by atoms with Crippen LogP contribution < -0.4 is 0 Å². The molecule has 8 nitrogen and oxygen atoms in total. The number of ether oxygens (including phenoxy) is 4. The third-order valence-corrected chi connectivity index (χ3v) is 14.5. The van der Waals surface area contributed by atoms with Gasteiger partial charge in [-0.2, -0.15) is 0 Å². The number of aliphatic hydroxyl groups is 2. The van der Waals surface area contributed by atoms with Crippen molar-refractivity contribution in [3.05, 3.63) is 53.6 Å². The zero-order valence-electron chi connectivity index (χ0n) is 29.5. The summed E-state index contributed by atoms with van der Waals surface area (Å²) in [5.74, 6) is -0.627. The van der Waals surface area contributed by atoms with Crippen LogP contribution in [0.1, 0.15) is 86.5 Å². The van der Waals surface area contributed by atoms with Gasteiger partial charge in [-0.1, -0.05) is 49.8 Å². The normalized spacial score (nSPS) is 44.2. The second-order valence-electron chi connectivity index (χ2n) is 15.4. The molecule has 264 valence electrons. The number of allylic oxidation sites excluding steroid dienone is 2. The number of Topliss-reactive ketones (excluding diaryl/α,β-unsaturated/α-hetero) is 1. The molecule has 5 aliphatic rings. The van der Waals surface area contributed by atoms with E-state index in [1.807, 2.05) is 51.1 Å². The number of thioether (sulfide) groups is 1. The molecular formula is C39H54O8S. The largest absolute Gasteiger partial charge is 0.458 e. The molecule has 9 heteroatoms. The monoisotopic (exact) mass is 682 g/mol. The lowest BCUT2D eigenvalue weighted by atomic mass is 9.45. The Bertz CT molecular complexity index is 1430. The summed E-state index contributed by atoms with van der Waals surface area (Å²) in [5, 5.41) is 23.4. The lowest BCUT2D eigenvalue weighted by molar-refractivity contribution is -0.262. The number of rotatable bonds is 8. The van der Waals surface area contributed by atoms with Gasteiger partial charge in [-0.25, -0.2) is 4.79 Å². The van der Waals surface area contributed by atoms with Crippen LogP contribution in [-0.4, -0.2) is 76.7 Å². The number of esters is 1. The second kappa shape index (κ2) is 13.6. The van der Waals surface area contributed by atoms with Crippen LogP contribution in [-0.2, 0) is 28.5 Å². The summed E-state index contributed by atoms with van der Waals surface area (Å²) >= 11 is 1.61. The maximum Gasteiger partial charge on any atom is 0.333 e. The highest BCUT2D eigenvalue weighted by atomic mass is 32.2. The Kier molecular flexibility index (Phi) is 10.1. The van der Waals surface area contributed by atoms with Crippen molar-refractivity contribution in [3.63, 3.8) is 0 Å². The van der Waals surface area contributed by atoms with E-state index in [-0.39, 0.29) is 46.3 Å². The number of fused-ring (bicyclic) bond motifs is 5. The van der Waals surface area contributed by atoms with Gasteiger partial charge < -0.3 is 29.2 Å². The minimum Gasteiger partial charge on any atom is -0.458 e. The van der Waals surface area contributed by atoms with Gasteiger partial charge in [0, 0.05) is 28.9 Å². The molecule has 13 atom stereocenters. The molecule has 1 aromatic rings. The van der Waals surface area contributed by atoms with E-state index in [0.29, 0.717) is 24.8 Å². The first-order chi connectivity index (χ1) is 22.8. The molecule has 0 aromatic heterocycles. The lowest BCUT2D eigenvalue weighted by Gasteiger charge is -2.63. The Morgan fingerprint density at radius 2 is 1.81 bits per heavy atom. The van der Waals surface area contributed by atoms with Crippen LogP contribution >= 0.6 is 11.8 Å². The van der Waals surface area contributed by atoms with Crippen molar-refractivity contribution in [3.8, 4) is 0 Å². The third kappa shape index (κ3) is 5.84. The summed E-state index contributed by atoms with van der Waals surface area (Å²) in [5.41, 5.74) is -0.334. The topological polar surface area (TPSA) is 112 Å². The van der Waals surface area contributed by atoms with Gasteiger partial charge in [-0.3, -0.25) is 4.79 Å². The Labute approximate surface area is 290 Å². The highest BCUT2D eigenvalue weighted by Gasteiger charge is 2.71. The summed E-state index contributed by atoms with van der Waals surface area (Å²) in [7, 11) is 1.63. The summed E-state index contributed by atoms with van der Waals surface area (Å²) in [6.07, 6.45) is 6.05. The molecule has 1 heterocycles. The highest BCUT2D eigenvalue weighted by Crippen LogP contribution is 2.68. The molecule has 1 aromatic carbocycles. The number of aliphatic hydroxyl groups excluding tert-OH is 1. The molecule has 0 spiro atoms. The fraction of sp³-hybridized carbons (Fsp3) is 0.692. The first-order valence-electron chi connectivity index (χ1n) is 17.8. The maximum absolute atomic E-state index is 13.2. The van der Waals surface area contributed by atoms with E-state index in [1.54, 1.807) is 38.8 Å². The maximum atomic E-state index is 13.2. The molecule has 4 fully saturated rings. The fourth-order valence-electron chi connectivity index (χ4n) is 10.2. The van der Waals surface area contributed by atoms with Crippen LogP contribution in [0.15, 0.2) is 58.5 Å². The summed E-state index contributed by atoms with van der Waals surface area (Å²) in [6, 6.07) is 10.1. The molecule has 0 radical (unpaired) electrons. The molecule has 48 heavy (non-hydrogen) atoms. The molecule has 11 unspecified atom stereocenters. The van der Waals surface area contributed by atoms with Crippen molar-refractivity contribution in [1.82, 2.24) is 0 Å². The number of carbonyl (C=O) groups excluding carboxylic acids is 2. The molecule has 3 saturated carbocycles. The number of hydrogen-bond acceptors (Lipinski definition) is 9. The second-order valence-corrected chi connectivity index (χ2v) is 16.7. The van der Waals surface area contributed by atoms with Crippen LogP contribution in [0.25, 0.3) is 0 Å². The van der Waals surface area contributed by atoms with Gasteiger partial charge in [-0.05, 0) is 102 Å². The van der Waals surface area contributed by atoms with Crippen molar-refractivity contribution >= 4 is 23.5 Å². The lowest BCUT2D eigenvalue weighted by Crippen LogP contribution is -2.66. The van der Waals surface area contributed by atoms with Gasteiger partial charge in [0.15, 0.2) is 6.29 Å². The van der Waals surface area contributed by atoms with Crippen LogP contribution in [0, 0.1) is 28.6 Å². The molecule has 1 aliphatic heterocycles. The van der Waals surface area contributed by atoms with Crippen LogP contribution in [0.3, 0.4) is 0 Å². The standard InChI is InChI=1S/C39H54O8S/c1-8-22(2)35(42)47-31-21-30-29(39(43)19-17-28(23(3)40)38(31,39)6)15-14-25-20-26(16-18-37(25,30)5)46-36-34(48-27-12-10-9-11-13-27)33(44-7)32(41)24(4)45-36/h8-14,24,26,28-34,36,41,43H,15-21H2,1-7H3/b22-8+/t24?,26?,28?,29?,30?,31?,32?,33?,34?,36?,37-,38-,39?/m0/s1. The summed E-state index contributed by atoms with van der Waals surface area (Å²) in [4.78, 5) is 27.3. The van der Waals surface area contributed by atoms with Crippen LogP contribution in [0.2, 0.25) is 0 Å². The minimum atomic E-state index is -1.12. The van der Waals surface area contributed by atoms with E-state index < -0.39 is 41.7 Å². The average molecular weight is 683 g/mol. The van der Waals surface area contributed by atoms with Gasteiger partial charge in [0.2, 0.25) is 0 Å². The average Bonchev–Trinajstić information content (AvgIpc) is 3.36. The van der Waals surface area contributed by atoms with E-state index in [2.05, 4.69) is 13.0 Å². The Balaban J connectivity index is 1.26. The van der Waals surface area contributed by atoms with E-state index in [9.17, 15) is 19.8 Å². The van der Waals surface area contributed by atoms with Gasteiger partial charge in [0.25, 0.3) is 0 Å². The van der Waals surface area contributed by atoms with Crippen molar-refractivity contribution in [2.45, 2.75) is 139 Å². The summed E-state index contributed by atoms with van der Waals surface area (Å²) in [6.45, 7) is 11.4. The smallest absolute Gasteiger partial charge is 0.333 e. The minimum absolute atomic E-state index is 0.0334. The SMILES string of the molecule is C/C=C(\C)C(=O)OC1CC2C(CC=C3CC(OC4OC(C)C(O)C(OC)C4Sc4ccccc4)CC[C@@]32C)C2(O)CCC(C(C)=O)[C@@]12C. The van der Waals surface area contributed by atoms with Gasteiger partial charge in [0.1, 0.15) is 24.1 Å². The fourth-order valence-corrected chi connectivity index (χ4v) is 11.4. The number of benzene rings is 1. The first kappa shape index (κ1) is 35.8. The van der Waals surface area contributed by atoms with Gasteiger partial charge in [-0.15, -0.1) is 11.8 Å². The number of hydrogen-bond donors (Lipinski definition) is 2. The number of carbonyl (C=O) groups is 2. The molecule has 6 rings (SSSR count). The van der Waals surface area contributed by atoms with E-state index >= 15 is 0 Å². The van der Waals surface area contributed by atoms with Crippen LogP contribution in [0.5, 0.6) is 0 Å². The number of ketones is 1. The Morgan fingerprint density at radius 1 is 1.08 bits per heavy atom. The van der Waals surface area contributed by atoms with E-state index in [0.717, 1.165) is 30.6 Å². The summed E-state index contributed by atoms with van der Waals surface area (Å²) < 4.78 is 25.3. The Morgan fingerprint density at radius 3 is 2.48 bits per heavy atom. The first-order valence-corrected chi connectivity index (χ1v) is 18.7. The predicted octanol–water partition coefficient (Wildman–Crippen LogP) is 6.42. The third-order valence-electron chi connectivity index (χ3n) is 13.2. The van der Waals surface area contributed by atoms with Crippen molar-refractivity contribution < 1.29 is 38.7 Å². The van der Waals surface area contributed by atoms with Crippen molar-refractivity contribution in [2.24, 2.45) is 28.6 Å². The van der Waals surface area contributed by atoms with Crippen molar-refractivity contribution in [1.29, 1.82) is 0 Å². The number of methoxy groups -OCH3 is 1. The zero-order chi connectivity index (χ0) is 34.6. The van der Waals surface area contributed by atoms with Crippen molar-refractivity contribution in [2.75, 3.05) is 7.11 Å². The quantitative estimate of drug-likeness (QED) is 0.182. The molecule has 1 saturated heterocycles. The molecule has 0 amide bonds. The predicted molar refractivity (Wildman–Crippen MR) is 184 cm³/mol. The molecule has 2 N–H and O–H groups in total. The van der Waals surface area contributed by atoms with Gasteiger partial charge >= 0.3 is 5.97 Å². The van der Waals surface area contributed by atoms with Crippen LogP contribution in [0.4, 0.5) is 0 Å². The van der Waals surface area contributed by atoms with E-state index in [4.69, 9.17) is 18.9 Å². The molecule has 0 bridgehead atoms. The zero-order valence-corrected chi connectivity index (χ0v) is 30.3. The van der Waals surface area contributed by atoms with E-state index in [1.165, 1.54) is 5.57 Å². The molecule has 4 aliphatic carbocycles.